The van der Waals surface area contributed by atoms with Gasteiger partial charge in [-0.3, -0.25) is 4.98 Å². The summed E-state index contributed by atoms with van der Waals surface area (Å²) in [5.41, 5.74) is 6.73. The average Bonchev–Trinajstić information content (AvgIpc) is 2.78. The first-order valence-electron chi connectivity index (χ1n) is 8.80. The van der Waals surface area contributed by atoms with E-state index in [0.29, 0.717) is 5.75 Å². The van der Waals surface area contributed by atoms with Crippen molar-refractivity contribution in [3.05, 3.63) is 59.4 Å². The zero-order valence-electron chi connectivity index (χ0n) is 14.0. The Hall–Kier alpha value is -1.61. The highest BCUT2D eigenvalue weighted by molar-refractivity contribution is 9.09. The van der Waals surface area contributed by atoms with Crippen molar-refractivity contribution in [3.63, 3.8) is 0 Å². The summed E-state index contributed by atoms with van der Waals surface area (Å²) in [6.45, 7) is 0. The number of phenolic OH excluding ortho intramolecular Hbond substituents is 1. The zero-order valence-corrected chi connectivity index (χ0v) is 15.6. The third-order valence-electron chi connectivity index (χ3n) is 4.72. The first-order valence-corrected chi connectivity index (χ1v) is 9.92. The SMILES string of the molecule is Oc1ccc2c(c1)CCCC(c1cccnc1)=C2CCCCCBr. The number of hydrogen-bond acceptors (Lipinski definition) is 2. The van der Waals surface area contributed by atoms with E-state index in [1.54, 1.807) is 0 Å². The van der Waals surface area contributed by atoms with Gasteiger partial charge in [0.1, 0.15) is 5.75 Å². The van der Waals surface area contributed by atoms with E-state index < -0.39 is 0 Å². The van der Waals surface area contributed by atoms with Crippen molar-refractivity contribution < 1.29 is 5.11 Å². The number of aryl methyl sites for hydroxylation is 1. The molecule has 1 aliphatic carbocycles. The van der Waals surface area contributed by atoms with Gasteiger partial charge >= 0.3 is 0 Å². The van der Waals surface area contributed by atoms with Crippen molar-refractivity contribution in [2.24, 2.45) is 0 Å². The van der Waals surface area contributed by atoms with Crippen LogP contribution in [0.15, 0.2) is 42.7 Å². The molecule has 2 aromatic rings. The van der Waals surface area contributed by atoms with Gasteiger partial charge < -0.3 is 5.11 Å². The monoisotopic (exact) mass is 385 g/mol. The summed E-state index contributed by atoms with van der Waals surface area (Å²) in [4.78, 5) is 4.32. The summed E-state index contributed by atoms with van der Waals surface area (Å²) in [6, 6.07) is 10.1. The van der Waals surface area contributed by atoms with E-state index in [9.17, 15) is 5.11 Å². The number of fused-ring (bicyclic) bond motifs is 1. The van der Waals surface area contributed by atoms with Gasteiger partial charge in [-0.2, -0.15) is 0 Å². The summed E-state index contributed by atoms with van der Waals surface area (Å²) >= 11 is 3.52. The van der Waals surface area contributed by atoms with Gasteiger partial charge in [0.05, 0.1) is 0 Å². The van der Waals surface area contributed by atoms with Gasteiger partial charge in [-0.25, -0.2) is 0 Å². The molecule has 2 nitrogen and oxygen atoms in total. The number of aromatic hydroxyl groups is 1. The lowest BCUT2D eigenvalue weighted by atomic mass is 9.89. The van der Waals surface area contributed by atoms with Crippen molar-refractivity contribution in [3.8, 4) is 5.75 Å². The Bertz CT molecular complexity index is 709. The van der Waals surface area contributed by atoms with Crippen LogP contribution >= 0.6 is 15.9 Å². The summed E-state index contributed by atoms with van der Waals surface area (Å²) in [6.07, 6.45) is 11.8. The fraction of sp³-hybridized carbons (Fsp3) is 0.381. The van der Waals surface area contributed by atoms with E-state index in [2.05, 4.69) is 33.0 Å². The molecule has 0 amide bonds. The molecular weight excluding hydrogens is 362 g/mol. The van der Waals surface area contributed by atoms with E-state index >= 15 is 0 Å². The smallest absolute Gasteiger partial charge is 0.115 e. The average molecular weight is 386 g/mol. The van der Waals surface area contributed by atoms with Crippen molar-refractivity contribution in [1.29, 1.82) is 0 Å². The number of alkyl halides is 1. The minimum atomic E-state index is 0.372. The van der Waals surface area contributed by atoms with Crippen LogP contribution in [0.5, 0.6) is 5.75 Å². The van der Waals surface area contributed by atoms with Crippen molar-refractivity contribution in [1.82, 2.24) is 4.98 Å². The Morgan fingerprint density at radius 2 is 2.00 bits per heavy atom. The molecule has 1 aromatic carbocycles. The molecule has 1 aromatic heterocycles. The van der Waals surface area contributed by atoms with Crippen LogP contribution in [-0.4, -0.2) is 15.4 Å². The van der Waals surface area contributed by atoms with Gasteiger partial charge in [0.2, 0.25) is 0 Å². The van der Waals surface area contributed by atoms with Crippen molar-refractivity contribution in [2.45, 2.75) is 44.9 Å². The molecule has 0 saturated heterocycles. The maximum absolute atomic E-state index is 9.86. The van der Waals surface area contributed by atoms with Gasteiger partial charge in [0.25, 0.3) is 0 Å². The van der Waals surface area contributed by atoms with E-state index in [4.69, 9.17) is 0 Å². The molecule has 1 heterocycles. The molecule has 0 spiro atoms. The second kappa shape index (κ2) is 8.48. The summed E-state index contributed by atoms with van der Waals surface area (Å²) in [5, 5.41) is 10.9. The lowest BCUT2D eigenvalue weighted by Crippen LogP contribution is -1.95. The molecule has 24 heavy (non-hydrogen) atoms. The molecule has 1 N–H and O–H groups in total. The standard InChI is InChI=1S/C21H24BrNO/c22-12-3-1-2-8-21-19(17-7-5-13-23-15-17)9-4-6-16-14-18(24)10-11-20(16)21/h5,7,10-11,13-15,24H,1-4,6,8-9,12H2. The number of hydrogen-bond donors (Lipinski definition) is 1. The topological polar surface area (TPSA) is 33.1 Å². The maximum Gasteiger partial charge on any atom is 0.115 e. The van der Waals surface area contributed by atoms with E-state index in [1.165, 1.54) is 47.1 Å². The predicted molar refractivity (Wildman–Crippen MR) is 104 cm³/mol. The molecule has 0 saturated carbocycles. The number of nitrogens with zero attached hydrogens (tertiary/aromatic N) is 1. The first-order chi connectivity index (χ1) is 11.8. The second-order valence-corrected chi connectivity index (χ2v) is 7.19. The normalized spacial score (nSPS) is 14.4. The van der Waals surface area contributed by atoms with Gasteiger partial charge in [-0.15, -0.1) is 0 Å². The van der Waals surface area contributed by atoms with Crippen LogP contribution in [0.1, 0.15) is 55.2 Å². The quantitative estimate of drug-likeness (QED) is 0.489. The van der Waals surface area contributed by atoms with E-state index in [-0.39, 0.29) is 0 Å². The van der Waals surface area contributed by atoms with Crippen LogP contribution < -0.4 is 0 Å². The van der Waals surface area contributed by atoms with Crippen molar-refractivity contribution >= 4 is 27.1 Å². The Morgan fingerprint density at radius 3 is 2.79 bits per heavy atom. The first kappa shape index (κ1) is 17.2. The molecule has 0 aliphatic heterocycles. The molecule has 0 bridgehead atoms. The second-order valence-electron chi connectivity index (χ2n) is 6.39. The third kappa shape index (κ3) is 4.07. The fourth-order valence-corrected chi connectivity index (χ4v) is 3.97. The Morgan fingerprint density at radius 1 is 1.08 bits per heavy atom. The minimum Gasteiger partial charge on any atom is -0.508 e. The van der Waals surface area contributed by atoms with E-state index in [1.807, 2.05) is 30.6 Å². The highest BCUT2D eigenvalue weighted by Gasteiger charge is 2.18. The molecule has 0 fully saturated rings. The molecule has 3 heteroatoms. The minimum absolute atomic E-state index is 0.372. The van der Waals surface area contributed by atoms with Crippen LogP contribution in [0.4, 0.5) is 0 Å². The van der Waals surface area contributed by atoms with E-state index in [0.717, 1.165) is 31.0 Å². The number of halogens is 1. The maximum atomic E-state index is 9.86. The van der Waals surface area contributed by atoms with Crippen LogP contribution in [0.2, 0.25) is 0 Å². The van der Waals surface area contributed by atoms with Gasteiger partial charge in [0, 0.05) is 17.7 Å². The summed E-state index contributed by atoms with van der Waals surface area (Å²) in [5.74, 6) is 0.372. The van der Waals surface area contributed by atoms with Gasteiger partial charge in [-0.05, 0) is 84.6 Å². The summed E-state index contributed by atoms with van der Waals surface area (Å²) < 4.78 is 0. The molecule has 0 atom stereocenters. The molecule has 3 rings (SSSR count). The molecule has 0 radical (unpaired) electrons. The molecular formula is C21H24BrNO. The number of aromatic nitrogens is 1. The van der Waals surface area contributed by atoms with Crippen LogP contribution in [-0.2, 0) is 6.42 Å². The largest absolute Gasteiger partial charge is 0.508 e. The fourth-order valence-electron chi connectivity index (χ4n) is 3.57. The van der Waals surface area contributed by atoms with Crippen LogP contribution in [0.3, 0.4) is 0 Å². The van der Waals surface area contributed by atoms with Crippen molar-refractivity contribution in [2.75, 3.05) is 5.33 Å². The lowest BCUT2D eigenvalue weighted by molar-refractivity contribution is 0.474. The summed E-state index contributed by atoms with van der Waals surface area (Å²) in [7, 11) is 0. The number of benzene rings is 1. The zero-order chi connectivity index (χ0) is 16.8. The van der Waals surface area contributed by atoms with Gasteiger partial charge in [0.15, 0.2) is 0 Å². The Kier molecular flexibility index (Phi) is 6.08. The third-order valence-corrected chi connectivity index (χ3v) is 5.28. The predicted octanol–water partition coefficient (Wildman–Crippen LogP) is 5.99. The highest BCUT2D eigenvalue weighted by atomic mass is 79.9. The van der Waals surface area contributed by atoms with Crippen LogP contribution in [0, 0.1) is 0 Å². The Balaban J connectivity index is 2.01. The molecule has 0 unspecified atom stereocenters. The molecule has 1 aliphatic rings. The molecule has 126 valence electrons. The van der Waals surface area contributed by atoms with Crippen LogP contribution in [0.25, 0.3) is 11.1 Å². The number of unbranched alkanes of at least 4 members (excludes halogenated alkanes) is 2. The number of pyridine rings is 1. The Labute approximate surface area is 152 Å². The van der Waals surface area contributed by atoms with Gasteiger partial charge in [-0.1, -0.05) is 34.5 Å². The number of phenols is 1. The lowest BCUT2D eigenvalue weighted by Gasteiger charge is -2.16. The number of allylic oxidation sites excluding steroid dienone is 2. The number of rotatable bonds is 6. The highest BCUT2D eigenvalue weighted by Crippen LogP contribution is 2.39.